The first-order valence-electron chi connectivity index (χ1n) is 7.97. The molecule has 0 spiro atoms. The van der Waals surface area contributed by atoms with Gasteiger partial charge in [0.2, 0.25) is 0 Å². The van der Waals surface area contributed by atoms with E-state index < -0.39 is 16.2 Å². The zero-order valence-electron chi connectivity index (χ0n) is 14.3. The minimum Gasteiger partial charge on any atom is -0.462 e. The van der Waals surface area contributed by atoms with E-state index in [0.29, 0.717) is 17.9 Å². The molecule has 7 heteroatoms. The van der Waals surface area contributed by atoms with Crippen LogP contribution in [0.1, 0.15) is 29.3 Å². The number of nitrogens with zero attached hydrogens (tertiary/aromatic N) is 1. The number of hydrogen-bond donors (Lipinski definition) is 1. The fraction of sp³-hybridized carbons (Fsp3) is 0.278. The molecule has 0 saturated carbocycles. The molecular formula is C18H22N2O4S. The first-order chi connectivity index (χ1) is 11.9. The third kappa shape index (κ3) is 5.58. The lowest BCUT2D eigenvalue weighted by atomic mass is 10.2. The highest BCUT2D eigenvalue weighted by molar-refractivity contribution is 7.90. The largest absolute Gasteiger partial charge is 0.462 e. The summed E-state index contributed by atoms with van der Waals surface area (Å²) in [6.07, 6.45) is 0.747. The molecule has 0 fully saturated rings. The second-order valence-electron chi connectivity index (χ2n) is 5.56. The van der Waals surface area contributed by atoms with Gasteiger partial charge in [0.25, 0.3) is 0 Å². The summed E-state index contributed by atoms with van der Waals surface area (Å²) in [5, 5.41) is 0. The summed E-state index contributed by atoms with van der Waals surface area (Å²) in [6, 6.07) is 15.5. The van der Waals surface area contributed by atoms with Gasteiger partial charge in [-0.3, -0.25) is 4.72 Å². The number of esters is 1. The third-order valence-electron chi connectivity index (χ3n) is 3.46. The molecule has 134 valence electrons. The molecule has 0 unspecified atom stereocenters. The van der Waals surface area contributed by atoms with Gasteiger partial charge in [-0.2, -0.15) is 12.7 Å². The van der Waals surface area contributed by atoms with E-state index in [4.69, 9.17) is 4.74 Å². The molecular weight excluding hydrogens is 340 g/mol. The van der Waals surface area contributed by atoms with Crippen LogP contribution in [-0.2, 0) is 21.5 Å². The molecule has 0 aliphatic carbocycles. The third-order valence-corrected chi connectivity index (χ3v) is 4.91. The van der Waals surface area contributed by atoms with Crippen LogP contribution in [0, 0.1) is 0 Å². The van der Waals surface area contributed by atoms with Crippen molar-refractivity contribution < 1.29 is 17.9 Å². The zero-order chi connectivity index (χ0) is 18.3. The van der Waals surface area contributed by atoms with Gasteiger partial charge in [0, 0.05) is 19.3 Å². The number of nitrogens with one attached hydrogen (secondary N) is 1. The normalized spacial score (nSPS) is 11.3. The monoisotopic (exact) mass is 362 g/mol. The fourth-order valence-electron chi connectivity index (χ4n) is 2.10. The predicted molar refractivity (Wildman–Crippen MR) is 97.5 cm³/mol. The van der Waals surface area contributed by atoms with Crippen molar-refractivity contribution in [3.05, 3.63) is 65.7 Å². The molecule has 0 bridgehead atoms. The summed E-state index contributed by atoms with van der Waals surface area (Å²) in [5.41, 5.74) is 1.66. The van der Waals surface area contributed by atoms with E-state index in [1.54, 1.807) is 0 Å². The van der Waals surface area contributed by atoms with Crippen molar-refractivity contribution >= 4 is 21.9 Å². The van der Waals surface area contributed by atoms with Crippen LogP contribution in [-0.4, -0.2) is 32.3 Å². The van der Waals surface area contributed by atoms with Crippen molar-refractivity contribution in [2.75, 3.05) is 18.4 Å². The molecule has 0 aliphatic rings. The molecule has 0 radical (unpaired) electrons. The van der Waals surface area contributed by atoms with Crippen LogP contribution in [0.25, 0.3) is 0 Å². The maximum absolute atomic E-state index is 12.4. The van der Waals surface area contributed by atoms with E-state index in [9.17, 15) is 13.2 Å². The van der Waals surface area contributed by atoms with Gasteiger partial charge in [-0.1, -0.05) is 37.3 Å². The van der Waals surface area contributed by atoms with E-state index in [2.05, 4.69) is 4.72 Å². The van der Waals surface area contributed by atoms with Crippen molar-refractivity contribution in [2.24, 2.45) is 0 Å². The predicted octanol–water partition coefficient (Wildman–Crippen LogP) is 3.04. The second kappa shape index (κ2) is 8.64. The molecule has 0 atom stereocenters. The first-order valence-corrected chi connectivity index (χ1v) is 9.41. The number of ether oxygens (including phenoxy) is 1. The maximum Gasteiger partial charge on any atom is 0.338 e. The SMILES string of the molecule is CCCOC(=O)c1ccc(NS(=O)(=O)N(C)Cc2ccccc2)cc1. The zero-order valence-corrected chi connectivity index (χ0v) is 15.1. The van der Waals surface area contributed by atoms with Crippen molar-refractivity contribution in [2.45, 2.75) is 19.9 Å². The van der Waals surface area contributed by atoms with Crippen LogP contribution in [0.5, 0.6) is 0 Å². The standard InChI is InChI=1S/C18H22N2O4S/c1-3-13-24-18(21)16-9-11-17(12-10-16)19-25(22,23)20(2)14-15-7-5-4-6-8-15/h4-12,19H,3,13-14H2,1-2H3. The fourth-order valence-corrected chi connectivity index (χ4v) is 3.01. The van der Waals surface area contributed by atoms with Crippen LogP contribution in [0.15, 0.2) is 54.6 Å². The first kappa shape index (κ1) is 19.0. The average molecular weight is 362 g/mol. The highest BCUT2D eigenvalue weighted by atomic mass is 32.2. The molecule has 0 saturated heterocycles. The Labute approximate surface area is 148 Å². The van der Waals surface area contributed by atoms with E-state index >= 15 is 0 Å². The number of benzene rings is 2. The number of rotatable bonds is 8. The summed E-state index contributed by atoms with van der Waals surface area (Å²) in [7, 11) is -2.19. The second-order valence-corrected chi connectivity index (χ2v) is 7.34. The van der Waals surface area contributed by atoms with Crippen LogP contribution in [0.2, 0.25) is 0 Å². The van der Waals surface area contributed by atoms with E-state index in [1.165, 1.54) is 35.6 Å². The van der Waals surface area contributed by atoms with Gasteiger partial charge in [0.05, 0.1) is 12.2 Å². The number of anilines is 1. The summed E-state index contributed by atoms with van der Waals surface area (Å²) in [4.78, 5) is 11.7. The average Bonchev–Trinajstić information content (AvgIpc) is 2.61. The van der Waals surface area contributed by atoms with Gasteiger partial charge in [-0.15, -0.1) is 0 Å². The molecule has 0 aliphatic heterocycles. The van der Waals surface area contributed by atoms with Crippen LogP contribution in [0.3, 0.4) is 0 Å². The Hall–Kier alpha value is -2.38. The molecule has 6 nitrogen and oxygen atoms in total. The maximum atomic E-state index is 12.4. The van der Waals surface area contributed by atoms with Gasteiger partial charge in [0.15, 0.2) is 0 Å². The molecule has 2 rings (SSSR count). The van der Waals surface area contributed by atoms with E-state index in [-0.39, 0.29) is 6.54 Å². The van der Waals surface area contributed by atoms with Crippen molar-refractivity contribution in [1.29, 1.82) is 0 Å². The van der Waals surface area contributed by atoms with Crippen molar-refractivity contribution in [3.63, 3.8) is 0 Å². The van der Waals surface area contributed by atoms with Crippen molar-refractivity contribution in [1.82, 2.24) is 4.31 Å². The number of carbonyl (C=O) groups excluding carboxylic acids is 1. The Bertz CT molecular complexity index is 790. The van der Waals surface area contributed by atoms with Crippen LogP contribution in [0.4, 0.5) is 5.69 Å². The van der Waals surface area contributed by atoms with E-state index in [0.717, 1.165) is 12.0 Å². The van der Waals surface area contributed by atoms with E-state index in [1.807, 2.05) is 37.3 Å². The molecule has 0 amide bonds. The highest BCUT2D eigenvalue weighted by Crippen LogP contribution is 2.15. The lowest BCUT2D eigenvalue weighted by molar-refractivity contribution is 0.0505. The Morgan fingerprint density at radius 2 is 1.72 bits per heavy atom. The summed E-state index contributed by atoms with van der Waals surface area (Å²) in [5.74, 6) is -0.419. The lowest BCUT2D eigenvalue weighted by Crippen LogP contribution is -2.32. The Morgan fingerprint density at radius 3 is 2.32 bits per heavy atom. The van der Waals surface area contributed by atoms with Crippen molar-refractivity contribution in [3.8, 4) is 0 Å². The minimum absolute atomic E-state index is 0.262. The quantitative estimate of drug-likeness (QED) is 0.733. The van der Waals surface area contributed by atoms with Crippen LogP contribution >= 0.6 is 0 Å². The summed E-state index contributed by atoms with van der Waals surface area (Å²) >= 11 is 0. The Kier molecular flexibility index (Phi) is 6.55. The number of carbonyl (C=O) groups is 1. The van der Waals surface area contributed by atoms with Gasteiger partial charge in [-0.25, -0.2) is 4.79 Å². The minimum atomic E-state index is -3.69. The highest BCUT2D eigenvalue weighted by Gasteiger charge is 2.18. The van der Waals surface area contributed by atoms with Gasteiger partial charge < -0.3 is 4.74 Å². The van der Waals surface area contributed by atoms with Gasteiger partial charge >= 0.3 is 16.2 Å². The van der Waals surface area contributed by atoms with Gasteiger partial charge in [-0.05, 0) is 36.2 Å². The summed E-state index contributed by atoms with van der Waals surface area (Å²) in [6.45, 7) is 2.53. The molecule has 2 aromatic rings. The molecule has 0 heterocycles. The number of hydrogen-bond acceptors (Lipinski definition) is 4. The molecule has 1 N–H and O–H groups in total. The summed E-state index contributed by atoms with van der Waals surface area (Å²) < 4.78 is 33.5. The Balaban J connectivity index is 2.01. The molecule has 25 heavy (non-hydrogen) atoms. The molecule has 2 aromatic carbocycles. The topological polar surface area (TPSA) is 75.7 Å². The lowest BCUT2D eigenvalue weighted by Gasteiger charge is -2.18. The molecule has 0 aromatic heterocycles. The van der Waals surface area contributed by atoms with Gasteiger partial charge in [0.1, 0.15) is 0 Å². The smallest absolute Gasteiger partial charge is 0.338 e. The van der Waals surface area contributed by atoms with Crippen LogP contribution < -0.4 is 4.72 Å². The Morgan fingerprint density at radius 1 is 1.08 bits per heavy atom.